The van der Waals surface area contributed by atoms with Gasteiger partial charge in [-0.1, -0.05) is 20.8 Å². The molecule has 2 N–H and O–H groups in total. The number of piperidine rings is 1. The fourth-order valence-corrected chi connectivity index (χ4v) is 7.13. The first kappa shape index (κ1) is 32.1. The average molecular weight is 607 g/mol. The van der Waals surface area contributed by atoms with Gasteiger partial charge in [0.25, 0.3) is 11.5 Å². The highest BCUT2D eigenvalue weighted by atomic mass is 16.5. The number of benzene rings is 1. The molecule has 2 aliphatic heterocycles. The standard InChI is InChI=1S/C35H50N4O5/c1-7-27-30(39(8-2)25-11-15-43-16-12-25)19-32-28(18-26(44-32)21-38-13-9-24(10-14-38)22(3)4)33(27)35(41)36-20-29-31(42-6)17-23(5)37-34(29)40/h17-19,22,24-25H,7-16,20-21H2,1-6H3,(H,36,41)(H,37,40). The van der Waals surface area contributed by atoms with Crippen LogP contribution in [0.3, 0.4) is 0 Å². The number of amides is 1. The first-order valence-corrected chi connectivity index (χ1v) is 16.4. The summed E-state index contributed by atoms with van der Waals surface area (Å²) in [6, 6.07) is 6.32. The lowest BCUT2D eigenvalue weighted by Gasteiger charge is -2.37. The molecular weight excluding hydrogens is 556 g/mol. The summed E-state index contributed by atoms with van der Waals surface area (Å²) in [7, 11) is 1.54. The van der Waals surface area contributed by atoms with Gasteiger partial charge >= 0.3 is 0 Å². The number of rotatable bonds is 11. The summed E-state index contributed by atoms with van der Waals surface area (Å²) in [6.45, 7) is 15.9. The summed E-state index contributed by atoms with van der Waals surface area (Å²) in [5.74, 6) is 2.61. The van der Waals surface area contributed by atoms with Crippen molar-refractivity contribution >= 4 is 22.6 Å². The number of nitrogens with zero attached hydrogens (tertiary/aromatic N) is 2. The number of aryl methyl sites for hydroxylation is 1. The Morgan fingerprint density at radius 2 is 1.84 bits per heavy atom. The molecule has 0 bridgehead atoms. The van der Waals surface area contributed by atoms with E-state index in [1.165, 1.54) is 20.0 Å². The largest absolute Gasteiger partial charge is 0.496 e. The zero-order chi connectivity index (χ0) is 31.4. The Morgan fingerprint density at radius 3 is 2.48 bits per heavy atom. The minimum absolute atomic E-state index is 0.0550. The normalized spacial score (nSPS) is 17.0. The summed E-state index contributed by atoms with van der Waals surface area (Å²) in [5.41, 5.74) is 4.23. The summed E-state index contributed by atoms with van der Waals surface area (Å²) < 4.78 is 17.7. The number of aromatic nitrogens is 1. The molecule has 0 unspecified atom stereocenters. The van der Waals surface area contributed by atoms with E-state index < -0.39 is 0 Å². The fraction of sp³-hybridized carbons (Fsp3) is 0.600. The van der Waals surface area contributed by atoms with E-state index in [-0.39, 0.29) is 18.0 Å². The molecule has 0 aliphatic carbocycles. The number of hydrogen-bond acceptors (Lipinski definition) is 7. The maximum absolute atomic E-state index is 14.2. The van der Waals surface area contributed by atoms with Crippen molar-refractivity contribution in [3.63, 3.8) is 0 Å². The molecule has 240 valence electrons. The molecule has 4 heterocycles. The van der Waals surface area contributed by atoms with Gasteiger partial charge in [-0.2, -0.15) is 0 Å². The number of carbonyl (C=O) groups is 1. The second-order valence-electron chi connectivity index (χ2n) is 12.7. The van der Waals surface area contributed by atoms with E-state index in [0.29, 0.717) is 41.0 Å². The van der Waals surface area contributed by atoms with Crippen LogP contribution < -0.4 is 20.5 Å². The quantitative estimate of drug-likeness (QED) is 0.284. The molecule has 0 atom stereocenters. The maximum atomic E-state index is 14.2. The second kappa shape index (κ2) is 14.2. The van der Waals surface area contributed by atoms with E-state index in [1.54, 1.807) is 6.07 Å². The van der Waals surface area contributed by atoms with Crippen LogP contribution in [0.5, 0.6) is 5.75 Å². The number of nitrogens with one attached hydrogen (secondary N) is 2. The van der Waals surface area contributed by atoms with E-state index in [1.807, 2.05) is 6.92 Å². The third kappa shape index (κ3) is 6.84. The topological polar surface area (TPSA) is 100 Å². The van der Waals surface area contributed by atoms with Gasteiger partial charge in [-0.25, -0.2) is 0 Å². The second-order valence-corrected chi connectivity index (χ2v) is 12.7. The van der Waals surface area contributed by atoms with Crippen molar-refractivity contribution in [3.8, 4) is 5.75 Å². The lowest BCUT2D eigenvalue weighted by atomic mass is 9.87. The molecule has 2 aliphatic rings. The first-order chi connectivity index (χ1) is 21.2. The van der Waals surface area contributed by atoms with Gasteiger partial charge in [-0.15, -0.1) is 0 Å². The van der Waals surface area contributed by atoms with Crippen molar-refractivity contribution < 1.29 is 18.7 Å². The summed E-state index contributed by atoms with van der Waals surface area (Å²) in [6.07, 6.45) is 4.98. The Bertz CT molecular complexity index is 1490. The average Bonchev–Trinajstić information content (AvgIpc) is 3.42. The van der Waals surface area contributed by atoms with Crippen LogP contribution in [0.4, 0.5) is 5.69 Å². The summed E-state index contributed by atoms with van der Waals surface area (Å²) in [5, 5.41) is 3.88. The third-order valence-electron chi connectivity index (χ3n) is 9.65. The van der Waals surface area contributed by atoms with Crippen molar-refractivity contribution in [2.24, 2.45) is 11.8 Å². The van der Waals surface area contributed by atoms with Crippen LogP contribution in [0.2, 0.25) is 0 Å². The van der Waals surface area contributed by atoms with Crippen LogP contribution in [0.15, 0.2) is 27.4 Å². The fourth-order valence-electron chi connectivity index (χ4n) is 7.13. The van der Waals surface area contributed by atoms with Crippen LogP contribution >= 0.6 is 0 Å². The number of anilines is 1. The molecular formula is C35H50N4O5. The number of ether oxygens (including phenoxy) is 2. The zero-order valence-electron chi connectivity index (χ0n) is 27.4. The Morgan fingerprint density at radius 1 is 1.11 bits per heavy atom. The number of pyridine rings is 1. The molecule has 0 spiro atoms. The Kier molecular flexibility index (Phi) is 10.4. The summed E-state index contributed by atoms with van der Waals surface area (Å²) >= 11 is 0. The van der Waals surface area contributed by atoms with Crippen LogP contribution in [-0.2, 0) is 24.2 Å². The number of furan rings is 1. The van der Waals surface area contributed by atoms with Gasteiger partial charge in [0.1, 0.15) is 17.1 Å². The molecule has 3 aromatic rings. The van der Waals surface area contributed by atoms with Crippen molar-refractivity contribution in [1.82, 2.24) is 15.2 Å². The molecule has 0 saturated carbocycles. The lowest BCUT2D eigenvalue weighted by molar-refractivity contribution is 0.0845. The summed E-state index contributed by atoms with van der Waals surface area (Å²) in [4.78, 5) is 34.7. The van der Waals surface area contributed by atoms with Crippen molar-refractivity contribution in [2.75, 3.05) is 44.9 Å². The van der Waals surface area contributed by atoms with Gasteiger partial charge < -0.3 is 29.1 Å². The SMILES string of the molecule is CCc1c(N(CC)C2CCOCC2)cc2oc(CN3CCC(C(C)C)CC3)cc2c1C(=O)NCc1c(OC)cc(C)[nH]c1=O. The van der Waals surface area contributed by atoms with E-state index >= 15 is 0 Å². The number of carbonyl (C=O) groups excluding carboxylic acids is 1. The highest BCUT2D eigenvalue weighted by Gasteiger charge is 2.29. The minimum atomic E-state index is -0.264. The molecule has 44 heavy (non-hydrogen) atoms. The highest BCUT2D eigenvalue weighted by Crippen LogP contribution is 2.37. The van der Waals surface area contributed by atoms with Gasteiger partial charge in [-0.3, -0.25) is 14.5 Å². The predicted molar refractivity (Wildman–Crippen MR) is 175 cm³/mol. The van der Waals surface area contributed by atoms with Gasteiger partial charge in [0.15, 0.2) is 0 Å². The third-order valence-corrected chi connectivity index (χ3v) is 9.65. The van der Waals surface area contributed by atoms with Crippen molar-refractivity contribution in [3.05, 3.63) is 56.7 Å². The zero-order valence-corrected chi connectivity index (χ0v) is 27.4. The number of H-pyrrole nitrogens is 1. The molecule has 2 fully saturated rings. The van der Waals surface area contributed by atoms with Gasteiger partial charge in [0.2, 0.25) is 0 Å². The Labute approximate surface area is 261 Å². The molecule has 2 saturated heterocycles. The molecule has 1 amide bonds. The maximum Gasteiger partial charge on any atom is 0.256 e. The van der Waals surface area contributed by atoms with Crippen molar-refractivity contribution in [2.45, 2.75) is 85.9 Å². The van der Waals surface area contributed by atoms with Crippen LogP contribution in [0.25, 0.3) is 11.0 Å². The molecule has 2 aromatic heterocycles. The Balaban J connectivity index is 1.52. The number of methoxy groups -OCH3 is 1. The van der Waals surface area contributed by atoms with Crippen LogP contribution in [0, 0.1) is 18.8 Å². The molecule has 0 radical (unpaired) electrons. The molecule has 9 nitrogen and oxygen atoms in total. The van der Waals surface area contributed by atoms with E-state index in [0.717, 1.165) is 86.1 Å². The van der Waals surface area contributed by atoms with Gasteiger partial charge in [-0.05, 0) is 88.6 Å². The van der Waals surface area contributed by atoms with E-state index in [9.17, 15) is 9.59 Å². The number of likely N-dealkylation sites (tertiary alicyclic amines) is 1. The Hall–Kier alpha value is -3.30. The number of hydrogen-bond donors (Lipinski definition) is 2. The lowest BCUT2D eigenvalue weighted by Crippen LogP contribution is -2.40. The molecule has 9 heteroatoms. The first-order valence-electron chi connectivity index (χ1n) is 16.4. The molecule has 1 aromatic carbocycles. The van der Waals surface area contributed by atoms with Gasteiger partial charge in [0.05, 0.1) is 31.3 Å². The van der Waals surface area contributed by atoms with Crippen LogP contribution in [0.1, 0.15) is 86.3 Å². The minimum Gasteiger partial charge on any atom is -0.496 e. The predicted octanol–water partition coefficient (Wildman–Crippen LogP) is 5.80. The van der Waals surface area contributed by atoms with E-state index in [2.05, 4.69) is 59.9 Å². The van der Waals surface area contributed by atoms with E-state index in [4.69, 9.17) is 13.9 Å². The molecule has 5 rings (SSSR count). The smallest absolute Gasteiger partial charge is 0.256 e. The number of aromatic amines is 1. The number of fused-ring (bicyclic) bond motifs is 1. The van der Waals surface area contributed by atoms with Gasteiger partial charge in [0, 0.05) is 48.6 Å². The highest BCUT2D eigenvalue weighted by molar-refractivity contribution is 6.09. The monoisotopic (exact) mass is 606 g/mol. The van der Waals surface area contributed by atoms with Crippen molar-refractivity contribution in [1.29, 1.82) is 0 Å². The van der Waals surface area contributed by atoms with Crippen LogP contribution in [-0.4, -0.2) is 61.8 Å².